The molecular weight excluding hydrogens is 215 g/mol. The molecular formula is C12H14Cl2. The van der Waals surface area contributed by atoms with Gasteiger partial charge in [-0.25, -0.2) is 0 Å². The van der Waals surface area contributed by atoms with Crippen molar-refractivity contribution in [2.24, 2.45) is 5.92 Å². The lowest BCUT2D eigenvalue weighted by atomic mass is 9.97. The van der Waals surface area contributed by atoms with Gasteiger partial charge in [-0.1, -0.05) is 42.6 Å². The molecule has 2 atom stereocenters. The van der Waals surface area contributed by atoms with Crippen molar-refractivity contribution in [3.8, 4) is 0 Å². The number of rotatable bonds is 1. The van der Waals surface area contributed by atoms with Crippen LogP contribution in [-0.4, -0.2) is 0 Å². The Labute approximate surface area is 95.2 Å². The molecule has 0 heterocycles. The molecule has 14 heavy (non-hydrogen) atoms. The molecule has 1 aliphatic carbocycles. The molecule has 2 heteroatoms. The lowest BCUT2D eigenvalue weighted by Crippen LogP contribution is -1.94. The van der Waals surface area contributed by atoms with E-state index in [-0.39, 0.29) is 0 Å². The fraction of sp³-hybridized carbons (Fsp3) is 0.500. The third-order valence-electron chi connectivity index (χ3n) is 3.10. The Morgan fingerprint density at radius 1 is 1.21 bits per heavy atom. The zero-order chi connectivity index (χ0) is 10.1. The summed E-state index contributed by atoms with van der Waals surface area (Å²) in [7, 11) is 0. The topological polar surface area (TPSA) is 0 Å². The van der Waals surface area contributed by atoms with Gasteiger partial charge in [0.15, 0.2) is 0 Å². The van der Waals surface area contributed by atoms with Crippen LogP contribution in [-0.2, 0) is 0 Å². The summed E-state index contributed by atoms with van der Waals surface area (Å²) in [6.07, 6.45) is 3.85. The average molecular weight is 229 g/mol. The summed E-state index contributed by atoms with van der Waals surface area (Å²) in [5.74, 6) is 1.49. The second kappa shape index (κ2) is 4.12. The fourth-order valence-corrected chi connectivity index (χ4v) is 2.88. The van der Waals surface area contributed by atoms with Crippen LogP contribution in [0.3, 0.4) is 0 Å². The number of hydrogen-bond donors (Lipinski definition) is 0. The molecule has 0 spiro atoms. The number of halogens is 2. The second-order valence-electron chi connectivity index (χ2n) is 4.28. The Hall–Kier alpha value is -0.200. The largest absolute Gasteiger partial charge is 0.0843 e. The summed E-state index contributed by atoms with van der Waals surface area (Å²) in [6, 6.07) is 5.86. The van der Waals surface area contributed by atoms with Crippen LogP contribution < -0.4 is 0 Å². The summed E-state index contributed by atoms with van der Waals surface area (Å²) < 4.78 is 0. The molecule has 0 saturated heterocycles. The standard InChI is InChI=1S/C12H14Cl2/c1-8-2-3-9(6-8)11-5-4-10(13)7-12(11)14/h4-5,7-9H,2-3,6H2,1H3. The summed E-state index contributed by atoms with van der Waals surface area (Å²) in [5, 5.41) is 1.56. The van der Waals surface area contributed by atoms with Crippen LogP contribution in [0.5, 0.6) is 0 Å². The van der Waals surface area contributed by atoms with Crippen LogP contribution >= 0.6 is 23.2 Å². The van der Waals surface area contributed by atoms with Crippen LogP contribution in [0.1, 0.15) is 37.7 Å². The van der Waals surface area contributed by atoms with Gasteiger partial charge in [-0.3, -0.25) is 0 Å². The van der Waals surface area contributed by atoms with E-state index in [0.717, 1.165) is 16.0 Å². The van der Waals surface area contributed by atoms with Crippen molar-refractivity contribution in [1.29, 1.82) is 0 Å². The average Bonchev–Trinajstić information content (AvgIpc) is 2.51. The molecule has 0 nitrogen and oxygen atoms in total. The van der Waals surface area contributed by atoms with Gasteiger partial charge in [0.2, 0.25) is 0 Å². The molecule has 1 saturated carbocycles. The maximum Gasteiger partial charge on any atom is 0.0455 e. The highest BCUT2D eigenvalue weighted by molar-refractivity contribution is 6.35. The molecule has 76 valence electrons. The van der Waals surface area contributed by atoms with Crippen molar-refractivity contribution < 1.29 is 0 Å². The number of hydrogen-bond acceptors (Lipinski definition) is 0. The van der Waals surface area contributed by atoms with Crippen LogP contribution in [0, 0.1) is 5.92 Å². The molecule has 0 aromatic heterocycles. The first-order valence-corrected chi connectivity index (χ1v) is 5.87. The van der Waals surface area contributed by atoms with Gasteiger partial charge in [0.1, 0.15) is 0 Å². The lowest BCUT2D eigenvalue weighted by molar-refractivity contribution is 0.596. The zero-order valence-electron chi connectivity index (χ0n) is 8.26. The molecule has 2 unspecified atom stereocenters. The van der Waals surface area contributed by atoms with E-state index in [2.05, 4.69) is 13.0 Å². The van der Waals surface area contributed by atoms with Crippen molar-refractivity contribution in [3.63, 3.8) is 0 Å². The van der Waals surface area contributed by atoms with Gasteiger partial charge in [-0.05, 0) is 42.4 Å². The van der Waals surface area contributed by atoms with Crippen LogP contribution in [0.15, 0.2) is 18.2 Å². The van der Waals surface area contributed by atoms with E-state index in [9.17, 15) is 0 Å². The van der Waals surface area contributed by atoms with Crippen molar-refractivity contribution in [2.45, 2.75) is 32.1 Å². The summed E-state index contributed by atoms with van der Waals surface area (Å²) in [5.41, 5.74) is 1.28. The quantitative estimate of drug-likeness (QED) is 0.642. The smallest absolute Gasteiger partial charge is 0.0455 e. The molecule has 1 aromatic carbocycles. The summed E-state index contributed by atoms with van der Waals surface area (Å²) >= 11 is 12.0. The SMILES string of the molecule is CC1CCC(c2ccc(Cl)cc2Cl)C1. The Morgan fingerprint density at radius 3 is 2.57 bits per heavy atom. The molecule has 0 aliphatic heterocycles. The third kappa shape index (κ3) is 2.07. The number of benzene rings is 1. The molecule has 1 aromatic rings. The first-order valence-electron chi connectivity index (χ1n) is 5.12. The Morgan fingerprint density at radius 2 is 2.00 bits per heavy atom. The second-order valence-corrected chi connectivity index (χ2v) is 5.12. The van der Waals surface area contributed by atoms with Crippen molar-refractivity contribution in [1.82, 2.24) is 0 Å². The lowest BCUT2D eigenvalue weighted by Gasteiger charge is -2.12. The van der Waals surface area contributed by atoms with Gasteiger partial charge in [-0.15, -0.1) is 0 Å². The fourth-order valence-electron chi connectivity index (χ4n) is 2.32. The van der Waals surface area contributed by atoms with Crippen molar-refractivity contribution in [3.05, 3.63) is 33.8 Å². The molecule has 0 N–H and O–H groups in total. The van der Waals surface area contributed by atoms with Crippen LogP contribution in [0.25, 0.3) is 0 Å². The molecule has 0 amide bonds. The first kappa shape index (κ1) is 10.3. The predicted molar refractivity (Wildman–Crippen MR) is 62.2 cm³/mol. The van der Waals surface area contributed by atoms with E-state index in [0.29, 0.717) is 5.92 Å². The Kier molecular flexibility index (Phi) is 3.04. The minimum Gasteiger partial charge on any atom is -0.0843 e. The van der Waals surface area contributed by atoms with Crippen molar-refractivity contribution >= 4 is 23.2 Å². The maximum atomic E-state index is 6.17. The molecule has 1 aliphatic rings. The van der Waals surface area contributed by atoms with Gasteiger partial charge in [0.25, 0.3) is 0 Å². The summed E-state index contributed by atoms with van der Waals surface area (Å²) in [6.45, 7) is 2.31. The normalized spacial score (nSPS) is 26.8. The van der Waals surface area contributed by atoms with E-state index >= 15 is 0 Å². The molecule has 0 bridgehead atoms. The highest BCUT2D eigenvalue weighted by atomic mass is 35.5. The van der Waals surface area contributed by atoms with E-state index in [1.165, 1.54) is 24.8 Å². The van der Waals surface area contributed by atoms with Crippen LogP contribution in [0.4, 0.5) is 0 Å². The minimum absolute atomic E-state index is 0.648. The third-order valence-corrected chi connectivity index (χ3v) is 3.66. The predicted octanol–water partition coefficient (Wildman–Crippen LogP) is 4.90. The molecule has 0 radical (unpaired) electrons. The zero-order valence-corrected chi connectivity index (χ0v) is 9.78. The minimum atomic E-state index is 0.648. The Balaban J connectivity index is 2.24. The van der Waals surface area contributed by atoms with E-state index in [1.807, 2.05) is 12.1 Å². The Bertz CT molecular complexity index is 333. The van der Waals surface area contributed by atoms with Gasteiger partial charge in [0.05, 0.1) is 0 Å². The van der Waals surface area contributed by atoms with E-state index in [1.54, 1.807) is 0 Å². The van der Waals surface area contributed by atoms with Gasteiger partial charge in [-0.2, -0.15) is 0 Å². The van der Waals surface area contributed by atoms with E-state index < -0.39 is 0 Å². The summed E-state index contributed by atoms with van der Waals surface area (Å²) in [4.78, 5) is 0. The van der Waals surface area contributed by atoms with Gasteiger partial charge < -0.3 is 0 Å². The maximum absolute atomic E-state index is 6.17. The first-order chi connectivity index (χ1) is 6.66. The highest BCUT2D eigenvalue weighted by Crippen LogP contribution is 2.41. The van der Waals surface area contributed by atoms with Crippen LogP contribution in [0.2, 0.25) is 10.0 Å². The van der Waals surface area contributed by atoms with E-state index in [4.69, 9.17) is 23.2 Å². The molecule has 2 rings (SSSR count). The highest BCUT2D eigenvalue weighted by Gasteiger charge is 2.24. The molecule has 1 fully saturated rings. The monoisotopic (exact) mass is 228 g/mol. The van der Waals surface area contributed by atoms with Gasteiger partial charge >= 0.3 is 0 Å². The van der Waals surface area contributed by atoms with Gasteiger partial charge in [0, 0.05) is 10.0 Å². The van der Waals surface area contributed by atoms with Crippen molar-refractivity contribution in [2.75, 3.05) is 0 Å².